The van der Waals surface area contributed by atoms with Crippen LogP contribution in [0.5, 0.6) is 11.5 Å². The normalized spacial score (nSPS) is 18.3. The second-order valence-corrected chi connectivity index (χ2v) is 10.6. The number of aliphatic hydroxyl groups excluding tert-OH is 1. The van der Waals surface area contributed by atoms with Crippen molar-refractivity contribution >= 4 is 11.2 Å². The van der Waals surface area contributed by atoms with Gasteiger partial charge in [-0.15, -0.1) is 10.2 Å². The van der Waals surface area contributed by atoms with E-state index < -0.39 is 24.0 Å². The minimum absolute atomic E-state index is 0.0954. The number of methoxy groups -OCH3 is 2. The Kier molecular flexibility index (Phi) is 7.67. The van der Waals surface area contributed by atoms with Crippen molar-refractivity contribution in [1.29, 1.82) is 0 Å². The van der Waals surface area contributed by atoms with Crippen LogP contribution in [0.2, 0.25) is 0 Å². The van der Waals surface area contributed by atoms with Gasteiger partial charge in [0.2, 0.25) is 0 Å². The molecule has 1 saturated heterocycles. The monoisotopic (exact) mass is 605 g/mol. The zero-order valence-electron chi connectivity index (χ0n) is 24.7. The molecule has 1 fully saturated rings. The summed E-state index contributed by atoms with van der Waals surface area (Å²) in [5, 5.41) is 19.0. The summed E-state index contributed by atoms with van der Waals surface area (Å²) in [5.74, 6) is 2.02. The smallest absolute Gasteiger partial charge is 0.170 e. The summed E-state index contributed by atoms with van der Waals surface area (Å²) >= 11 is 0. The molecule has 1 N–H and O–H groups in total. The molecule has 3 atom stereocenters. The fourth-order valence-corrected chi connectivity index (χ4v) is 5.87. The van der Waals surface area contributed by atoms with Crippen molar-refractivity contribution in [2.24, 2.45) is 0 Å². The number of fused-ring (bicyclic) bond motifs is 1. The number of rotatable bonds is 10. The molecule has 45 heavy (non-hydrogen) atoms. The Morgan fingerprint density at radius 3 is 2.04 bits per heavy atom. The minimum atomic E-state index is -1.04. The van der Waals surface area contributed by atoms with Gasteiger partial charge in [0.15, 0.2) is 17.0 Å². The van der Waals surface area contributed by atoms with E-state index in [1.165, 1.54) is 6.33 Å². The first-order valence-corrected chi connectivity index (χ1v) is 14.5. The second kappa shape index (κ2) is 12.1. The highest BCUT2D eigenvalue weighted by molar-refractivity contribution is 5.78. The van der Waals surface area contributed by atoms with E-state index in [1.54, 1.807) is 37.8 Å². The highest BCUT2D eigenvalue weighted by atomic mass is 16.6. The Morgan fingerprint density at radius 2 is 1.42 bits per heavy atom. The van der Waals surface area contributed by atoms with Gasteiger partial charge < -0.3 is 24.1 Å². The SMILES string of the molecule is COc1ccc(C(OC[C@H]2O[C@@H](n3cnc4c(-n5cnnc5)ncnc43)C[C@@H]2O)(c2ccccc2)c2ccc(OC)cc2)cc1. The third-order valence-corrected chi connectivity index (χ3v) is 8.15. The Morgan fingerprint density at radius 1 is 0.800 bits per heavy atom. The number of benzene rings is 3. The van der Waals surface area contributed by atoms with Gasteiger partial charge in [-0.25, -0.2) is 15.0 Å². The first-order valence-electron chi connectivity index (χ1n) is 14.5. The van der Waals surface area contributed by atoms with E-state index in [1.807, 2.05) is 83.4 Å². The molecule has 228 valence electrons. The predicted octanol–water partition coefficient (Wildman–Crippen LogP) is 4.08. The molecule has 0 spiro atoms. The van der Waals surface area contributed by atoms with Crippen LogP contribution in [-0.4, -0.2) is 72.4 Å². The molecule has 4 heterocycles. The molecule has 12 heteroatoms. The number of aliphatic hydroxyl groups is 1. The third-order valence-electron chi connectivity index (χ3n) is 8.15. The Bertz CT molecular complexity index is 1810. The van der Waals surface area contributed by atoms with E-state index in [2.05, 4.69) is 25.1 Å². The lowest BCUT2D eigenvalue weighted by molar-refractivity contribution is -0.0931. The Hall–Kier alpha value is -5.17. The minimum Gasteiger partial charge on any atom is -0.497 e. The fraction of sp³-hybridized carbons (Fsp3) is 0.242. The number of imidazole rings is 1. The zero-order chi connectivity index (χ0) is 30.8. The Balaban J connectivity index is 1.23. The zero-order valence-corrected chi connectivity index (χ0v) is 24.7. The van der Waals surface area contributed by atoms with Crippen molar-refractivity contribution in [3.63, 3.8) is 0 Å². The molecule has 1 aliphatic rings. The van der Waals surface area contributed by atoms with Crippen LogP contribution in [0.15, 0.2) is 104 Å². The predicted molar refractivity (Wildman–Crippen MR) is 163 cm³/mol. The maximum Gasteiger partial charge on any atom is 0.170 e. The van der Waals surface area contributed by atoms with Crippen LogP contribution in [0, 0.1) is 0 Å². The quantitative estimate of drug-likeness (QED) is 0.228. The lowest BCUT2D eigenvalue weighted by Crippen LogP contribution is -2.38. The van der Waals surface area contributed by atoms with Gasteiger partial charge in [-0.3, -0.25) is 9.13 Å². The summed E-state index contributed by atoms with van der Waals surface area (Å²) in [6, 6.07) is 25.6. The van der Waals surface area contributed by atoms with Gasteiger partial charge in [0, 0.05) is 6.42 Å². The molecule has 0 saturated carbocycles. The van der Waals surface area contributed by atoms with Crippen molar-refractivity contribution in [3.8, 4) is 17.3 Å². The van der Waals surface area contributed by atoms with Crippen molar-refractivity contribution in [2.75, 3.05) is 20.8 Å². The molecule has 6 aromatic rings. The van der Waals surface area contributed by atoms with Crippen LogP contribution in [0.1, 0.15) is 29.3 Å². The number of hydrogen-bond donors (Lipinski definition) is 1. The first kappa shape index (κ1) is 28.6. The maximum atomic E-state index is 11.3. The molecule has 7 rings (SSSR count). The molecule has 12 nitrogen and oxygen atoms in total. The van der Waals surface area contributed by atoms with Crippen LogP contribution in [0.4, 0.5) is 0 Å². The van der Waals surface area contributed by atoms with Crippen LogP contribution >= 0.6 is 0 Å². The van der Waals surface area contributed by atoms with Gasteiger partial charge in [-0.1, -0.05) is 54.6 Å². The standard InChI is InChI=1S/C33H31N7O5/c1-42-25-12-8-23(9-13-25)33(22-6-4-3-5-7-22,24-10-14-26(43-2)15-11-24)44-17-28-27(41)16-29(45-28)40-19-36-30-31(34-18-35-32(30)40)39-20-37-38-21-39/h3-15,18-21,27-29,41H,16-17H2,1-2H3/t27-,28+,29+/m0/s1. The highest BCUT2D eigenvalue weighted by Crippen LogP contribution is 2.43. The van der Waals surface area contributed by atoms with Gasteiger partial charge in [0.05, 0.1) is 33.3 Å². The van der Waals surface area contributed by atoms with E-state index in [0.29, 0.717) is 23.4 Å². The van der Waals surface area contributed by atoms with Crippen LogP contribution in [-0.2, 0) is 15.1 Å². The van der Waals surface area contributed by atoms with Crippen molar-refractivity contribution in [2.45, 2.75) is 30.5 Å². The van der Waals surface area contributed by atoms with E-state index in [-0.39, 0.29) is 6.61 Å². The second-order valence-electron chi connectivity index (χ2n) is 10.6. The van der Waals surface area contributed by atoms with Gasteiger partial charge in [0.1, 0.15) is 48.4 Å². The fourth-order valence-electron chi connectivity index (χ4n) is 5.87. The number of aromatic nitrogens is 7. The van der Waals surface area contributed by atoms with Crippen LogP contribution < -0.4 is 9.47 Å². The highest BCUT2D eigenvalue weighted by Gasteiger charge is 2.42. The molecule has 0 aliphatic carbocycles. The van der Waals surface area contributed by atoms with E-state index in [9.17, 15) is 5.11 Å². The Labute approximate surface area is 258 Å². The number of ether oxygens (including phenoxy) is 4. The molecule has 0 amide bonds. The van der Waals surface area contributed by atoms with E-state index in [4.69, 9.17) is 18.9 Å². The average molecular weight is 606 g/mol. The maximum absolute atomic E-state index is 11.3. The molecule has 0 bridgehead atoms. The summed E-state index contributed by atoms with van der Waals surface area (Å²) < 4.78 is 27.8. The molecular weight excluding hydrogens is 574 g/mol. The molecule has 0 unspecified atom stereocenters. The number of hydrogen-bond acceptors (Lipinski definition) is 10. The van der Waals surface area contributed by atoms with E-state index >= 15 is 0 Å². The lowest BCUT2D eigenvalue weighted by atomic mass is 9.80. The topological polar surface area (TPSA) is 131 Å². The molecule has 1 aliphatic heterocycles. The molecule has 3 aromatic carbocycles. The molecule has 0 radical (unpaired) electrons. The van der Waals surface area contributed by atoms with Crippen LogP contribution in [0.25, 0.3) is 17.0 Å². The summed E-state index contributed by atoms with van der Waals surface area (Å²) in [6.45, 7) is 0.0954. The summed E-state index contributed by atoms with van der Waals surface area (Å²) in [7, 11) is 3.28. The first-order chi connectivity index (χ1) is 22.1. The summed E-state index contributed by atoms with van der Waals surface area (Å²) in [5.41, 5.74) is 2.80. The van der Waals surface area contributed by atoms with E-state index in [0.717, 1.165) is 28.2 Å². The third kappa shape index (κ3) is 5.18. The molecule has 3 aromatic heterocycles. The molecular formula is C33H31N7O5. The van der Waals surface area contributed by atoms with Gasteiger partial charge in [-0.2, -0.15) is 0 Å². The summed E-state index contributed by atoms with van der Waals surface area (Å²) in [4.78, 5) is 13.4. The number of nitrogens with zero attached hydrogens (tertiary/aromatic N) is 7. The van der Waals surface area contributed by atoms with Gasteiger partial charge >= 0.3 is 0 Å². The van der Waals surface area contributed by atoms with Crippen LogP contribution in [0.3, 0.4) is 0 Å². The summed E-state index contributed by atoms with van der Waals surface area (Å²) in [6.07, 6.45) is 4.59. The lowest BCUT2D eigenvalue weighted by Gasteiger charge is -2.37. The van der Waals surface area contributed by atoms with Crippen molar-refractivity contribution in [1.82, 2.24) is 34.3 Å². The van der Waals surface area contributed by atoms with Gasteiger partial charge in [-0.05, 0) is 41.0 Å². The van der Waals surface area contributed by atoms with Crippen molar-refractivity contribution < 1.29 is 24.1 Å². The van der Waals surface area contributed by atoms with Gasteiger partial charge in [0.25, 0.3) is 0 Å². The van der Waals surface area contributed by atoms with Crippen molar-refractivity contribution in [3.05, 3.63) is 121 Å². The average Bonchev–Trinajstić information content (AvgIpc) is 3.87. The largest absolute Gasteiger partial charge is 0.497 e.